The molecule has 2 aliphatic rings. The van der Waals surface area contributed by atoms with Crippen molar-refractivity contribution >= 4 is 11.8 Å². The van der Waals surface area contributed by atoms with Gasteiger partial charge in [0.15, 0.2) is 0 Å². The largest absolute Gasteiger partial charge is 0.355 e. The van der Waals surface area contributed by atoms with Gasteiger partial charge in [0.2, 0.25) is 11.8 Å². The van der Waals surface area contributed by atoms with Gasteiger partial charge in [0.25, 0.3) is 0 Å². The van der Waals surface area contributed by atoms with Gasteiger partial charge < -0.3 is 10.2 Å². The van der Waals surface area contributed by atoms with Crippen LogP contribution < -0.4 is 5.32 Å². The van der Waals surface area contributed by atoms with E-state index in [0.29, 0.717) is 57.8 Å². The van der Waals surface area contributed by atoms with E-state index in [9.17, 15) is 14.0 Å². The number of nitrogens with zero attached hydrogens (tertiary/aromatic N) is 3. The first kappa shape index (κ1) is 17.8. The van der Waals surface area contributed by atoms with Crippen molar-refractivity contribution in [3.63, 3.8) is 0 Å². The van der Waals surface area contributed by atoms with Crippen molar-refractivity contribution in [1.82, 2.24) is 20.0 Å². The number of hydrogen-bond donors (Lipinski definition) is 1. The van der Waals surface area contributed by atoms with E-state index in [0.717, 1.165) is 13.1 Å². The minimum Gasteiger partial charge on any atom is -0.355 e. The number of rotatable bonds is 4. The molecular formula is C18H25FN4O2. The Balaban J connectivity index is 1.44. The van der Waals surface area contributed by atoms with Crippen LogP contribution in [0.15, 0.2) is 24.3 Å². The molecule has 0 radical (unpaired) electrons. The lowest BCUT2D eigenvalue weighted by atomic mass is 10.2. The van der Waals surface area contributed by atoms with Crippen molar-refractivity contribution in [2.45, 2.75) is 13.0 Å². The van der Waals surface area contributed by atoms with E-state index in [1.54, 1.807) is 6.07 Å². The van der Waals surface area contributed by atoms with Gasteiger partial charge >= 0.3 is 0 Å². The fraction of sp³-hybridized carbons (Fsp3) is 0.556. The van der Waals surface area contributed by atoms with Crippen LogP contribution in [0.4, 0.5) is 4.39 Å². The molecule has 0 spiro atoms. The summed E-state index contributed by atoms with van der Waals surface area (Å²) in [4.78, 5) is 29.9. The zero-order valence-electron chi connectivity index (χ0n) is 14.4. The summed E-state index contributed by atoms with van der Waals surface area (Å²) in [6.07, 6.45) is 0.448. The molecule has 2 fully saturated rings. The number of piperazine rings is 1. The van der Waals surface area contributed by atoms with Crippen LogP contribution in [0.1, 0.15) is 12.0 Å². The number of amides is 2. The van der Waals surface area contributed by atoms with Gasteiger partial charge in [-0.3, -0.25) is 19.4 Å². The molecule has 0 bridgehead atoms. The van der Waals surface area contributed by atoms with Gasteiger partial charge in [-0.25, -0.2) is 4.39 Å². The van der Waals surface area contributed by atoms with Crippen molar-refractivity contribution < 1.29 is 14.0 Å². The third kappa shape index (κ3) is 4.99. The lowest BCUT2D eigenvalue weighted by Gasteiger charge is -2.35. The third-order valence-electron chi connectivity index (χ3n) is 4.84. The highest BCUT2D eigenvalue weighted by atomic mass is 19.1. The van der Waals surface area contributed by atoms with E-state index in [-0.39, 0.29) is 17.6 Å². The molecular weight excluding hydrogens is 323 g/mol. The highest BCUT2D eigenvalue weighted by Gasteiger charge is 2.24. The highest BCUT2D eigenvalue weighted by molar-refractivity contribution is 5.79. The quantitative estimate of drug-likeness (QED) is 0.850. The Bertz CT molecular complexity index is 617. The van der Waals surface area contributed by atoms with Crippen LogP contribution in [0.3, 0.4) is 0 Å². The average molecular weight is 348 g/mol. The molecule has 2 heterocycles. The van der Waals surface area contributed by atoms with Gasteiger partial charge in [-0.05, 0) is 6.07 Å². The van der Waals surface area contributed by atoms with Gasteiger partial charge in [-0.15, -0.1) is 0 Å². The summed E-state index contributed by atoms with van der Waals surface area (Å²) in [6, 6.07) is 6.83. The van der Waals surface area contributed by atoms with Crippen molar-refractivity contribution in [2.24, 2.45) is 0 Å². The Hall–Kier alpha value is -1.99. The predicted octanol–water partition coefficient (Wildman–Crippen LogP) is 0.292. The summed E-state index contributed by atoms with van der Waals surface area (Å²) in [7, 11) is 0. The minimum atomic E-state index is -0.176. The molecule has 7 heteroatoms. The lowest BCUT2D eigenvalue weighted by molar-refractivity contribution is -0.134. The summed E-state index contributed by atoms with van der Waals surface area (Å²) in [6.45, 7) is 5.71. The van der Waals surface area contributed by atoms with Crippen LogP contribution in [0.2, 0.25) is 0 Å². The molecule has 136 valence electrons. The zero-order chi connectivity index (χ0) is 17.6. The standard InChI is InChI=1S/C18H25FN4O2/c19-16-4-2-1-3-15(16)13-22-9-11-23(12-10-22)18(25)14-21-7-5-17(24)20-6-8-21/h1-4H,5-14H2,(H,20,24). The number of nitrogens with one attached hydrogen (secondary N) is 1. The molecule has 6 nitrogen and oxygen atoms in total. The monoisotopic (exact) mass is 348 g/mol. The van der Waals surface area contributed by atoms with Gasteiger partial charge in [0, 0.05) is 64.3 Å². The van der Waals surface area contributed by atoms with Crippen molar-refractivity contribution in [3.8, 4) is 0 Å². The van der Waals surface area contributed by atoms with E-state index in [4.69, 9.17) is 0 Å². The summed E-state index contributed by atoms with van der Waals surface area (Å²) < 4.78 is 13.7. The molecule has 0 aromatic heterocycles. The van der Waals surface area contributed by atoms with Gasteiger partial charge in [-0.1, -0.05) is 18.2 Å². The molecule has 2 aliphatic heterocycles. The Morgan fingerprint density at radius 3 is 2.56 bits per heavy atom. The van der Waals surface area contributed by atoms with Crippen molar-refractivity contribution in [1.29, 1.82) is 0 Å². The Morgan fingerprint density at radius 1 is 1.04 bits per heavy atom. The van der Waals surface area contributed by atoms with Crippen LogP contribution >= 0.6 is 0 Å². The first-order valence-electron chi connectivity index (χ1n) is 8.84. The van der Waals surface area contributed by atoms with Crippen LogP contribution in [0.25, 0.3) is 0 Å². The summed E-state index contributed by atoms with van der Waals surface area (Å²) in [5, 5.41) is 2.82. The summed E-state index contributed by atoms with van der Waals surface area (Å²) >= 11 is 0. The van der Waals surface area contributed by atoms with E-state index in [1.165, 1.54) is 6.07 Å². The molecule has 1 aromatic carbocycles. The molecule has 0 aliphatic carbocycles. The van der Waals surface area contributed by atoms with Gasteiger partial charge in [-0.2, -0.15) is 0 Å². The lowest BCUT2D eigenvalue weighted by Crippen LogP contribution is -2.51. The van der Waals surface area contributed by atoms with Crippen molar-refractivity contribution in [2.75, 3.05) is 52.4 Å². The first-order valence-corrected chi connectivity index (χ1v) is 8.84. The molecule has 2 amide bonds. The normalized spacial score (nSPS) is 20.2. The van der Waals surface area contributed by atoms with Crippen LogP contribution in [-0.4, -0.2) is 78.9 Å². The summed E-state index contributed by atoms with van der Waals surface area (Å²) in [5.74, 6) is -0.0121. The summed E-state index contributed by atoms with van der Waals surface area (Å²) in [5.41, 5.74) is 0.698. The second-order valence-electron chi connectivity index (χ2n) is 6.62. The van der Waals surface area contributed by atoms with Crippen LogP contribution in [-0.2, 0) is 16.1 Å². The van der Waals surface area contributed by atoms with E-state index < -0.39 is 0 Å². The second kappa shape index (κ2) is 8.40. The molecule has 0 unspecified atom stereocenters. The molecule has 2 saturated heterocycles. The highest BCUT2D eigenvalue weighted by Crippen LogP contribution is 2.12. The topological polar surface area (TPSA) is 55.9 Å². The fourth-order valence-corrected chi connectivity index (χ4v) is 3.29. The number of carbonyl (C=O) groups is 2. The van der Waals surface area contributed by atoms with Crippen molar-refractivity contribution in [3.05, 3.63) is 35.6 Å². The maximum atomic E-state index is 13.7. The maximum absolute atomic E-state index is 13.7. The van der Waals surface area contributed by atoms with E-state index >= 15 is 0 Å². The van der Waals surface area contributed by atoms with Gasteiger partial charge in [0.05, 0.1) is 6.54 Å². The Kier molecular flexibility index (Phi) is 5.99. The molecule has 0 atom stereocenters. The minimum absolute atomic E-state index is 0.0525. The van der Waals surface area contributed by atoms with Crippen LogP contribution in [0, 0.1) is 5.82 Å². The maximum Gasteiger partial charge on any atom is 0.236 e. The number of halogens is 1. The molecule has 1 aromatic rings. The number of carbonyl (C=O) groups excluding carboxylic acids is 2. The fourth-order valence-electron chi connectivity index (χ4n) is 3.29. The molecule has 1 N–H and O–H groups in total. The van der Waals surface area contributed by atoms with Gasteiger partial charge in [0.1, 0.15) is 5.82 Å². The first-order chi connectivity index (χ1) is 12.1. The average Bonchev–Trinajstić information content (AvgIpc) is 2.82. The SMILES string of the molecule is O=C1CCN(CC(=O)N2CCN(Cc3ccccc3F)CC2)CCN1. The molecule has 3 rings (SSSR count). The zero-order valence-corrected chi connectivity index (χ0v) is 14.4. The third-order valence-corrected chi connectivity index (χ3v) is 4.84. The second-order valence-corrected chi connectivity index (χ2v) is 6.62. The molecule has 0 saturated carbocycles. The van der Waals surface area contributed by atoms with E-state index in [2.05, 4.69) is 10.2 Å². The smallest absolute Gasteiger partial charge is 0.236 e. The van der Waals surface area contributed by atoms with Crippen LogP contribution in [0.5, 0.6) is 0 Å². The Labute approximate surface area is 147 Å². The number of hydrogen-bond acceptors (Lipinski definition) is 4. The number of benzene rings is 1. The predicted molar refractivity (Wildman–Crippen MR) is 92.3 cm³/mol. The molecule has 25 heavy (non-hydrogen) atoms. The Morgan fingerprint density at radius 2 is 1.80 bits per heavy atom. The van der Waals surface area contributed by atoms with E-state index in [1.807, 2.05) is 21.9 Å².